The molecule has 0 saturated carbocycles. The van der Waals surface area contributed by atoms with Crippen molar-refractivity contribution in [2.24, 2.45) is 0 Å². The molecule has 0 aliphatic heterocycles. The van der Waals surface area contributed by atoms with Gasteiger partial charge < -0.3 is 4.90 Å². The quantitative estimate of drug-likeness (QED) is 0.535. The number of nitrogens with zero attached hydrogens (tertiary/aromatic N) is 2. The van der Waals surface area contributed by atoms with Gasteiger partial charge in [0.25, 0.3) is 0 Å². The van der Waals surface area contributed by atoms with Crippen LogP contribution in [-0.4, -0.2) is 9.97 Å². The predicted molar refractivity (Wildman–Crippen MR) is 95.1 cm³/mol. The Labute approximate surface area is 140 Å². The second kappa shape index (κ2) is 7.03. The molecule has 0 aliphatic carbocycles. The highest BCUT2D eigenvalue weighted by molar-refractivity contribution is 7.80. The summed E-state index contributed by atoms with van der Waals surface area (Å²) in [5.41, 5.74) is 2.69. The maximum absolute atomic E-state index is 6.32. The molecule has 0 spiro atoms. The maximum Gasteiger partial charge on any atom is 0.129 e. The van der Waals surface area contributed by atoms with Gasteiger partial charge in [0, 0.05) is 17.5 Å². The number of para-hydroxylation sites is 1. The van der Waals surface area contributed by atoms with E-state index in [-0.39, 0.29) is 0 Å². The van der Waals surface area contributed by atoms with Crippen molar-refractivity contribution in [3.05, 3.63) is 64.4 Å². The summed E-state index contributed by atoms with van der Waals surface area (Å²) in [6, 6.07) is 11.3. The molecule has 1 aromatic heterocycles. The first-order valence-electron chi connectivity index (χ1n) is 6.38. The first kappa shape index (κ1) is 16.0. The highest BCUT2D eigenvalue weighted by Crippen LogP contribution is 2.33. The minimum atomic E-state index is 0.438. The van der Waals surface area contributed by atoms with E-state index in [4.69, 9.17) is 35.4 Å². The fourth-order valence-electron chi connectivity index (χ4n) is 2.09. The minimum absolute atomic E-state index is 0.438. The smallest absolute Gasteiger partial charge is 0.129 e. The van der Waals surface area contributed by atoms with Gasteiger partial charge in [0.05, 0.1) is 15.7 Å². The number of halogens is 2. The van der Waals surface area contributed by atoms with Crippen LogP contribution in [0.4, 0.5) is 5.69 Å². The van der Waals surface area contributed by atoms with Crippen LogP contribution in [0.1, 0.15) is 19.4 Å². The Hall–Kier alpha value is -1.42. The molecule has 1 aromatic carbocycles. The molecule has 0 fully saturated rings. The number of allylic oxidation sites excluding steroid dienone is 1. The summed E-state index contributed by atoms with van der Waals surface area (Å²) in [5.74, 6) is 0. The molecule has 1 heterocycles. The Morgan fingerprint density at radius 3 is 2.52 bits per heavy atom. The van der Waals surface area contributed by atoms with Crippen molar-refractivity contribution in [2.75, 3.05) is 4.90 Å². The van der Waals surface area contributed by atoms with Gasteiger partial charge in [-0.1, -0.05) is 53.6 Å². The number of rotatable bonds is 3. The van der Waals surface area contributed by atoms with Gasteiger partial charge in [-0.05, 0) is 38.1 Å². The highest BCUT2D eigenvalue weighted by Gasteiger charge is 2.18. The molecule has 0 aliphatic rings. The number of anilines is 1. The molecule has 0 amide bonds. The molecular formula is C16H14Cl2N2S. The lowest BCUT2D eigenvalue weighted by Gasteiger charge is -2.27. The summed E-state index contributed by atoms with van der Waals surface area (Å²) >= 11 is 17.7. The maximum atomic E-state index is 6.32. The van der Waals surface area contributed by atoms with Crippen LogP contribution in [0.5, 0.6) is 0 Å². The Kier molecular flexibility index (Phi) is 5.34. The van der Waals surface area contributed by atoms with Crippen LogP contribution < -0.4 is 4.90 Å². The van der Waals surface area contributed by atoms with E-state index < -0.39 is 0 Å². The third kappa shape index (κ3) is 3.62. The normalized spacial score (nSPS) is 11.3. The molecule has 108 valence electrons. The Balaban J connectivity index is 2.56. The summed E-state index contributed by atoms with van der Waals surface area (Å²) in [6.45, 7) is 3.82. The van der Waals surface area contributed by atoms with Gasteiger partial charge in [-0.15, -0.1) is 0 Å². The summed E-state index contributed by atoms with van der Waals surface area (Å²) in [6.07, 6.45) is 3.65. The first-order valence-corrected chi connectivity index (χ1v) is 7.54. The summed E-state index contributed by atoms with van der Waals surface area (Å²) in [4.78, 5) is 6.64. The SMILES string of the molecule is CC=C(c1ccnc(Cl)c1)N(C(C)=S)c1ccccc1Cl. The zero-order chi connectivity index (χ0) is 15.4. The van der Waals surface area contributed by atoms with Gasteiger partial charge in [0.15, 0.2) is 0 Å². The number of benzene rings is 1. The van der Waals surface area contributed by atoms with Gasteiger partial charge in [-0.25, -0.2) is 4.98 Å². The van der Waals surface area contributed by atoms with Crippen molar-refractivity contribution < 1.29 is 0 Å². The monoisotopic (exact) mass is 336 g/mol. The lowest BCUT2D eigenvalue weighted by molar-refractivity contribution is 1.29. The van der Waals surface area contributed by atoms with Crippen molar-refractivity contribution in [3.8, 4) is 0 Å². The zero-order valence-electron chi connectivity index (χ0n) is 11.7. The van der Waals surface area contributed by atoms with Gasteiger partial charge in [0.1, 0.15) is 5.15 Å². The topological polar surface area (TPSA) is 16.1 Å². The van der Waals surface area contributed by atoms with E-state index in [0.717, 1.165) is 16.9 Å². The summed E-state index contributed by atoms with van der Waals surface area (Å²) in [7, 11) is 0. The van der Waals surface area contributed by atoms with Crippen molar-refractivity contribution in [2.45, 2.75) is 13.8 Å². The van der Waals surface area contributed by atoms with E-state index in [1.54, 1.807) is 12.3 Å². The molecule has 0 unspecified atom stereocenters. The van der Waals surface area contributed by atoms with Gasteiger partial charge >= 0.3 is 0 Å². The number of hydrogen-bond acceptors (Lipinski definition) is 2. The van der Waals surface area contributed by atoms with Crippen LogP contribution in [-0.2, 0) is 0 Å². The highest BCUT2D eigenvalue weighted by atomic mass is 35.5. The number of thiocarbonyl (C=S) groups is 1. The first-order chi connectivity index (χ1) is 10.0. The Morgan fingerprint density at radius 1 is 1.24 bits per heavy atom. The fraction of sp³-hybridized carbons (Fsp3) is 0.125. The average molecular weight is 337 g/mol. The lowest BCUT2D eigenvalue weighted by Crippen LogP contribution is -2.25. The van der Waals surface area contributed by atoms with E-state index in [2.05, 4.69) is 4.98 Å². The summed E-state index contributed by atoms with van der Waals surface area (Å²) < 4.78 is 0. The fourth-order valence-corrected chi connectivity index (χ4v) is 2.68. The molecule has 0 atom stereocenters. The van der Waals surface area contributed by atoms with E-state index in [1.807, 2.05) is 55.2 Å². The average Bonchev–Trinajstić information content (AvgIpc) is 2.45. The van der Waals surface area contributed by atoms with Crippen LogP contribution >= 0.6 is 35.4 Å². The number of hydrogen-bond donors (Lipinski definition) is 0. The van der Waals surface area contributed by atoms with Crippen molar-refractivity contribution in [1.29, 1.82) is 0 Å². The van der Waals surface area contributed by atoms with Crippen molar-refractivity contribution >= 4 is 51.8 Å². The molecule has 0 radical (unpaired) electrons. The third-order valence-electron chi connectivity index (χ3n) is 2.94. The van der Waals surface area contributed by atoms with Gasteiger partial charge in [-0.3, -0.25) is 0 Å². The Bertz CT molecular complexity index is 698. The molecule has 2 aromatic rings. The van der Waals surface area contributed by atoms with Crippen LogP contribution in [0.25, 0.3) is 5.70 Å². The van der Waals surface area contributed by atoms with E-state index in [0.29, 0.717) is 15.2 Å². The minimum Gasteiger partial charge on any atom is -0.303 e. The Morgan fingerprint density at radius 2 is 1.95 bits per heavy atom. The van der Waals surface area contributed by atoms with E-state index in [1.165, 1.54) is 0 Å². The van der Waals surface area contributed by atoms with Crippen LogP contribution in [0, 0.1) is 0 Å². The number of aromatic nitrogens is 1. The van der Waals surface area contributed by atoms with Crippen LogP contribution in [0.2, 0.25) is 10.2 Å². The molecule has 0 bridgehead atoms. The summed E-state index contributed by atoms with van der Waals surface area (Å²) in [5, 5.41) is 1.08. The third-order valence-corrected chi connectivity index (χ3v) is 3.65. The number of pyridine rings is 1. The van der Waals surface area contributed by atoms with Crippen LogP contribution in [0.15, 0.2) is 48.7 Å². The van der Waals surface area contributed by atoms with Gasteiger partial charge in [0.2, 0.25) is 0 Å². The zero-order valence-corrected chi connectivity index (χ0v) is 14.0. The second-order valence-corrected chi connectivity index (χ2v) is 5.73. The van der Waals surface area contributed by atoms with E-state index >= 15 is 0 Å². The molecule has 2 nitrogen and oxygen atoms in total. The molecule has 0 N–H and O–H groups in total. The van der Waals surface area contributed by atoms with E-state index in [9.17, 15) is 0 Å². The second-order valence-electron chi connectivity index (χ2n) is 4.35. The molecule has 21 heavy (non-hydrogen) atoms. The van der Waals surface area contributed by atoms with Crippen molar-refractivity contribution in [3.63, 3.8) is 0 Å². The van der Waals surface area contributed by atoms with Crippen molar-refractivity contribution in [1.82, 2.24) is 4.98 Å². The largest absolute Gasteiger partial charge is 0.303 e. The molecule has 5 heteroatoms. The predicted octanol–water partition coefficient (Wildman–Crippen LogP) is 5.60. The molecular weight excluding hydrogens is 323 g/mol. The van der Waals surface area contributed by atoms with Gasteiger partial charge in [-0.2, -0.15) is 0 Å². The standard InChI is InChI=1S/C16H14Cl2N2S/c1-3-14(12-8-9-19-16(18)10-12)20(11(2)21)15-7-5-4-6-13(15)17/h3-10H,1-2H3. The van der Waals surface area contributed by atoms with Crippen LogP contribution in [0.3, 0.4) is 0 Å². The molecule has 2 rings (SSSR count). The lowest BCUT2D eigenvalue weighted by atomic mass is 10.1. The molecule has 0 saturated heterocycles.